The molecule has 0 unspecified atom stereocenters. The van der Waals surface area contributed by atoms with Gasteiger partial charge in [0.2, 0.25) is 5.91 Å². The van der Waals surface area contributed by atoms with E-state index in [9.17, 15) is 14.0 Å². The topological polar surface area (TPSA) is 64.7 Å². The molecule has 0 radical (unpaired) electrons. The lowest BCUT2D eigenvalue weighted by Crippen LogP contribution is -2.48. The Hall–Kier alpha value is -2.71. The van der Waals surface area contributed by atoms with E-state index in [1.54, 1.807) is 12.1 Å². The molecular weight excluding hydrogens is 427 g/mol. The van der Waals surface area contributed by atoms with Crippen LogP contribution in [0.5, 0.6) is 0 Å². The fourth-order valence-corrected chi connectivity index (χ4v) is 3.61. The number of piperazine rings is 1. The van der Waals surface area contributed by atoms with Crippen molar-refractivity contribution in [3.8, 4) is 0 Å². The fraction of sp³-hybridized carbons (Fsp3) is 0.286. The second-order valence-corrected chi connectivity index (χ2v) is 7.64. The Morgan fingerprint density at radius 2 is 1.77 bits per heavy atom. The molecule has 0 spiro atoms. The van der Waals surface area contributed by atoms with Gasteiger partial charge >= 0.3 is 0 Å². The van der Waals surface area contributed by atoms with E-state index in [0.717, 1.165) is 5.69 Å². The third kappa shape index (κ3) is 5.46. The van der Waals surface area contributed by atoms with Crippen molar-refractivity contribution < 1.29 is 14.0 Å². The van der Waals surface area contributed by atoms with Gasteiger partial charge in [-0.3, -0.25) is 14.9 Å². The highest BCUT2D eigenvalue weighted by atomic mass is 35.5. The molecule has 158 valence electrons. The molecule has 2 aromatic rings. The van der Waals surface area contributed by atoms with Crippen LogP contribution < -0.4 is 15.5 Å². The van der Waals surface area contributed by atoms with E-state index in [4.69, 9.17) is 23.8 Å². The lowest BCUT2D eigenvalue weighted by molar-refractivity contribution is -0.131. The van der Waals surface area contributed by atoms with Gasteiger partial charge in [-0.2, -0.15) is 0 Å². The van der Waals surface area contributed by atoms with Crippen molar-refractivity contribution in [2.45, 2.75) is 13.3 Å². The minimum Gasteiger partial charge on any atom is -0.366 e. The van der Waals surface area contributed by atoms with E-state index >= 15 is 0 Å². The Morgan fingerprint density at radius 1 is 1.10 bits per heavy atom. The van der Waals surface area contributed by atoms with Crippen LogP contribution in [0.3, 0.4) is 0 Å². The zero-order chi connectivity index (χ0) is 21.7. The molecule has 1 heterocycles. The molecule has 1 fully saturated rings. The van der Waals surface area contributed by atoms with Gasteiger partial charge < -0.3 is 15.1 Å². The van der Waals surface area contributed by atoms with Crippen LogP contribution in [0.1, 0.15) is 23.7 Å². The van der Waals surface area contributed by atoms with Crippen LogP contribution in [0.15, 0.2) is 42.5 Å². The highest BCUT2D eigenvalue weighted by Crippen LogP contribution is 2.30. The lowest BCUT2D eigenvalue weighted by Gasteiger charge is -2.37. The van der Waals surface area contributed by atoms with Crippen LogP contribution in [0.2, 0.25) is 5.02 Å². The number of anilines is 2. The summed E-state index contributed by atoms with van der Waals surface area (Å²) in [6.45, 7) is 4.49. The second kappa shape index (κ2) is 9.86. The highest BCUT2D eigenvalue weighted by molar-refractivity contribution is 7.80. The Kier molecular flexibility index (Phi) is 7.23. The summed E-state index contributed by atoms with van der Waals surface area (Å²) < 4.78 is 13.0. The van der Waals surface area contributed by atoms with Gasteiger partial charge in [-0.25, -0.2) is 4.39 Å². The van der Waals surface area contributed by atoms with Gasteiger partial charge in [-0.15, -0.1) is 0 Å². The van der Waals surface area contributed by atoms with Gasteiger partial charge in [0.1, 0.15) is 5.82 Å². The van der Waals surface area contributed by atoms with Crippen molar-refractivity contribution >= 4 is 52.1 Å². The number of thiocarbonyl (C=S) groups is 1. The van der Waals surface area contributed by atoms with Crippen LogP contribution >= 0.6 is 23.8 Å². The standard InChI is InChI=1S/C21H22ClFN4O2S/c1-2-19(28)27-11-9-26(10-12-27)18-8-5-15(22)13-17(18)24-21(30)25-20(29)14-3-6-16(23)7-4-14/h3-8,13H,2,9-12H2,1H3,(H2,24,25,29,30). The van der Waals surface area contributed by atoms with Gasteiger partial charge in [0.15, 0.2) is 5.11 Å². The van der Waals surface area contributed by atoms with E-state index in [0.29, 0.717) is 48.9 Å². The Morgan fingerprint density at radius 3 is 2.40 bits per heavy atom. The molecule has 9 heteroatoms. The third-order valence-electron chi connectivity index (χ3n) is 4.82. The smallest absolute Gasteiger partial charge is 0.257 e. The first kappa shape index (κ1) is 22.0. The normalized spacial score (nSPS) is 13.7. The summed E-state index contributed by atoms with van der Waals surface area (Å²) in [7, 11) is 0. The van der Waals surface area contributed by atoms with Crippen LogP contribution in [0.25, 0.3) is 0 Å². The first-order chi connectivity index (χ1) is 14.4. The summed E-state index contributed by atoms with van der Waals surface area (Å²) in [5.41, 5.74) is 1.83. The number of hydrogen-bond acceptors (Lipinski definition) is 4. The molecule has 1 saturated heterocycles. The van der Waals surface area contributed by atoms with Crippen molar-refractivity contribution in [1.82, 2.24) is 10.2 Å². The second-order valence-electron chi connectivity index (χ2n) is 6.80. The predicted octanol–water partition coefficient (Wildman–Crippen LogP) is 3.66. The van der Waals surface area contributed by atoms with Gasteiger partial charge in [-0.1, -0.05) is 18.5 Å². The minimum absolute atomic E-state index is 0.104. The zero-order valence-electron chi connectivity index (χ0n) is 16.5. The molecule has 1 aliphatic heterocycles. The number of hydrogen-bond donors (Lipinski definition) is 2. The fourth-order valence-electron chi connectivity index (χ4n) is 3.23. The van der Waals surface area contributed by atoms with Crippen molar-refractivity contribution in [3.63, 3.8) is 0 Å². The van der Waals surface area contributed by atoms with Gasteiger partial charge in [-0.05, 0) is 54.7 Å². The summed E-state index contributed by atoms with van der Waals surface area (Å²) in [6, 6.07) is 10.6. The molecule has 2 aromatic carbocycles. The van der Waals surface area contributed by atoms with Gasteiger partial charge in [0, 0.05) is 43.2 Å². The number of rotatable bonds is 4. The maximum absolute atomic E-state index is 13.0. The number of nitrogens with zero attached hydrogens (tertiary/aromatic N) is 2. The average Bonchev–Trinajstić information content (AvgIpc) is 2.74. The first-order valence-electron chi connectivity index (χ1n) is 9.57. The summed E-state index contributed by atoms with van der Waals surface area (Å²) >= 11 is 11.4. The lowest BCUT2D eigenvalue weighted by atomic mass is 10.2. The van der Waals surface area contributed by atoms with E-state index < -0.39 is 11.7 Å². The Labute approximate surface area is 185 Å². The number of carbonyl (C=O) groups is 2. The minimum atomic E-state index is -0.442. The molecule has 3 rings (SSSR count). The molecule has 2 amide bonds. The molecule has 0 saturated carbocycles. The quantitative estimate of drug-likeness (QED) is 0.699. The molecule has 1 aliphatic rings. The van der Waals surface area contributed by atoms with Gasteiger partial charge in [0.05, 0.1) is 11.4 Å². The summed E-state index contributed by atoms with van der Waals surface area (Å²) in [4.78, 5) is 28.2. The molecule has 0 atom stereocenters. The monoisotopic (exact) mass is 448 g/mol. The Bertz CT molecular complexity index is 947. The van der Waals surface area contributed by atoms with E-state index in [1.165, 1.54) is 24.3 Å². The Balaban J connectivity index is 1.68. The number of benzene rings is 2. The van der Waals surface area contributed by atoms with Crippen molar-refractivity contribution in [2.75, 3.05) is 36.4 Å². The molecular formula is C21H22ClFN4O2S. The van der Waals surface area contributed by atoms with E-state index in [-0.39, 0.29) is 11.0 Å². The van der Waals surface area contributed by atoms with Crippen LogP contribution in [-0.2, 0) is 4.79 Å². The van der Waals surface area contributed by atoms with Gasteiger partial charge in [0.25, 0.3) is 5.91 Å². The number of nitrogens with one attached hydrogen (secondary N) is 2. The van der Waals surface area contributed by atoms with Crippen LogP contribution in [0, 0.1) is 5.82 Å². The number of halogens is 2. The summed E-state index contributed by atoms with van der Waals surface area (Å²) in [6.07, 6.45) is 0.496. The van der Waals surface area contributed by atoms with Crippen LogP contribution in [-0.4, -0.2) is 48.0 Å². The molecule has 30 heavy (non-hydrogen) atoms. The van der Waals surface area contributed by atoms with Crippen molar-refractivity contribution in [2.24, 2.45) is 0 Å². The molecule has 6 nitrogen and oxygen atoms in total. The van der Waals surface area contributed by atoms with Crippen molar-refractivity contribution in [3.05, 3.63) is 58.9 Å². The third-order valence-corrected chi connectivity index (χ3v) is 5.26. The number of amides is 2. The number of carbonyl (C=O) groups excluding carboxylic acids is 2. The summed E-state index contributed by atoms with van der Waals surface area (Å²) in [5.74, 6) is -0.715. The zero-order valence-corrected chi connectivity index (χ0v) is 18.0. The molecule has 0 aromatic heterocycles. The SMILES string of the molecule is CCC(=O)N1CCN(c2ccc(Cl)cc2NC(=S)NC(=O)c2ccc(F)cc2)CC1. The average molecular weight is 449 g/mol. The van der Waals surface area contributed by atoms with Crippen LogP contribution in [0.4, 0.5) is 15.8 Å². The largest absolute Gasteiger partial charge is 0.366 e. The molecule has 0 aliphatic carbocycles. The van der Waals surface area contributed by atoms with E-state index in [1.807, 2.05) is 17.9 Å². The maximum Gasteiger partial charge on any atom is 0.257 e. The maximum atomic E-state index is 13.0. The summed E-state index contributed by atoms with van der Waals surface area (Å²) in [5, 5.41) is 6.24. The van der Waals surface area contributed by atoms with E-state index in [2.05, 4.69) is 15.5 Å². The van der Waals surface area contributed by atoms with Crippen molar-refractivity contribution in [1.29, 1.82) is 0 Å². The first-order valence-corrected chi connectivity index (χ1v) is 10.4. The highest BCUT2D eigenvalue weighted by Gasteiger charge is 2.22. The predicted molar refractivity (Wildman–Crippen MR) is 121 cm³/mol. The molecule has 0 bridgehead atoms. The molecule has 2 N–H and O–H groups in total.